The zero-order valence-electron chi connectivity index (χ0n) is 9.48. The molecule has 84 valence electrons. The zero-order valence-corrected chi connectivity index (χ0v) is 10.3. The van der Waals surface area contributed by atoms with Gasteiger partial charge in [0, 0.05) is 17.9 Å². The summed E-state index contributed by atoms with van der Waals surface area (Å²) in [5.74, 6) is 0.838. The second-order valence-corrected chi connectivity index (χ2v) is 4.83. The number of hydrogen-bond acceptors (Lipinski definition) is 5. The van der Waals surface area contributed by atoms with Crippen molar-refractivity contribution >= 4 is 17.6 Å². The molecule has 0 aliphatic heterocycles. The number of aliphatic hydroxyl groups excluding tert-OH is 1. The standard InChI is InChI=1S/C10H17N3OS/c1-6-9(11-4)12-5-13-10(6)15-8(3)7(2)14/h5,7-8,14H,1-4H3,(H,11,12,13). The molecule has 2 unspecified atom stereocenters. The number of nitrogens with zero attached hydrogens (tertiary/aromatic N) is 2. The highest BCUT2D eigenvalue weighted by molar-refractivity contribution is 7.99. The van der Waals surface area contributed by atoms with E-state index in [0.717, 1.165) is 16.4 Å². The van der Waals surface area contributed by atoms with Crippen LogP contribution >= 0.6 is 11.8 Å². The normalized spacial score (nSPS) is 14.7. The van der Waals surface area contributed by atoms with Crippen molar-refractivity contribution in [3.63, 3.8) is 0 Å². The quantitative estimate of drug-likeness (QED) is 0.605. The van der Waals surface area contributed by atoms with Crippen molar-refractivity contribution in [1.29, 1.82) is 0 Å². The molecule has 0 saturated heterocycles. The van der Waals surface area contributed by atoms with E-state index in [4.69, 9.17) is 0 Å². The topological polar surface area (TPSA) is 58.0 Å². The Kier molecular flexibility index (Phi) is 4.35. The van der Waals surface area contributed by atoms with Crippen molar-refractivity contribution in [2.45, 2.75) is 37.2 Å². The summed E-state index contributed by atoms with van der Waals surface area (Å²) in [7, 11) is 1.84. The van der Waals surface area contributed by atoms with Crippen LogP contribution in [-0.2, 0) is 0 Å². The van der Waals surface area contributed by atoms with E-state index in [0.29, 0.717) is 0 Å². The molecule has 4 nitrogen and oxygen atoms in total. The lowest BCUT2D eigenvalue weighted by Crippen LogP contribution is -2.15. The number of aromatic nitrogens is 2. The Labute approximate surface area is 94.5 Å². The Morgan fingerprint density at radius 3 is 2.60 bits per heavy atom. The van der Waals surface area contributed by atoms with Crippen molar-refractivity contribution in [3.05, 3.63) is 11.9 Å². The van der Waals surface area contributed by atoms with E-state index in [1.165, 1.54) is 6.33 Å². The summed E-state index contributed by atoms with van der Waals surface area (Å²) in [6.45, 7) is 5.74. The molecule has 1 aromatic rings. The van der Waals surface area contributed by atoms with Crippen LogP contribution in [-0.4, -0.2) is 33.5 Å². The molecule has 2 atom stereocenters. The summed E-state index contributed by atoms with van der Waals surface area (Å²) in [5, 5.41) is 13.5. The Bertz CT molecular complexity index is 330. The maximum absolute atomic E-state index is 9.42. The minimum atomic E-state index is -0.345. The Morgan fingerprint density at radius 1 is 1.40 bits per heavy atom. The van der Waals surface area contributed by atoms with Crippen LogP contribution in [0.4, 0.5) is 5.82 Å². The summed E-state index contributed by atoms with van der Waals surface area (Å²) < 4.78 is 0. The van der Waals surface area contributed by atoms with Gasteiger partial charge in [0.2, 0.25) is 0 Å². The van der Waals surface area contributed by atoms with Crippen molar-refractivity contribution in [2.24, 2.45) is 0 Å². The molecule has 15 heavy (non-hydrogen) atoms. The second-order valence-electron chi connectivity index (χ2n) is 3.47. The predicted octanol–water partition coefficient (Wildman–Crippen LogP) is 1.69. The Balaban J connectivity index is 2.86. The van der Waals surface area contributed by atoms with Gasteiger partial charge in [-0.3, -0.25) is 0 Å². The minimum Gasteiger partial charge on any atom is -0.392 e. The van der Waals surface area contributed by atoms with Crippen molar-refractivity contribution in [1.82, 2.24) is 9.97 Å². The molecule has 0 saturated carbocycles. The van der Waals surface area contributed by atoms with Crippen LogP contribution in [0.25, 0.3) is 0 Å². The molecule has 1 heterocycles. The van der Waals surface area contributed by atoms with Crippen LogP contribution < -0.4 is 5.32 Å². The lowest BCUT2D eigenvalue weighted by Gasteiger charge is -2.15. The van der Waals surface area contributed by atoms with Crippen molar-refractivity contribution in [2.75, 3.05) is 12.4 Å². The van der Waals surface area contributed by atoms with Gasteiger partial charge >= 0.3 is 0 Å². The van der Waals surface area contributed by atoms with E-state index in [1.807, 2.05) is 20.9 Å². The van der Waals surface area contributed by atoms with Crippen LogP contribution in [0.1, 0.15) is 19.4 Å². The van der Waals surface area contributed by atoms with Gasteiger partial charge in [-0.2, -0.15) is 0 Å². The molecule has 5 heteroatoms. The molecule has 0 radical (unpaired) electrons. The van der Waals surface area contributed by atoms with E-state index < -0.39 is 0 Å². The van der Waals surface area contributed by atoms with Crippen LogP contribution in [0.15, 0.2) is 11.4 Å². The van der Waals surface area contributed by atoms with Crippen LogP contribution in [0.5, 0.6) is 0 Å². The van der Waals surface area contributed by atoms with Crippen LogP contribution in [0, 0.1) is 6.92 Å². The number of hydrogen-bond donors (Lipinski definition) is 2. The molecular weight excluding hydrogens is 210 g/mol. The highest BCUT2D eigenvalue weighted by Gasteiger charge is 2.14. The van der Waals surface area contributed by atoms with E-state index in [-0.39, 0.29) is 11.4 Å². The van der Waals surface area contributed by atoms with E-state index in [2.05, 4.69) is 15.3 Å². The molecule has 0 aliphatic rings. The van der Waals surface area contributed by atoms with Gasteiger partial charge in [0.15, 0.2) is 0 Å². The fourth-order valence-electron chi connectivity index (χ4n) is 1.08. The summed E-state index contributed by atoms with van der Waals surface area (Å²) in [6, 6.07) is 0. The highest BCUT2D eigenvalue weighted by atomic mass is 32.2. The number of aliphatic hydroxyl groups is 1. The van der Waals surface area contributed by atoms with Gasteiger partial charge in [-0.1, -0.05) is 6.92 Å². The largest absolute Gasteiger partial charge is 0.392 e. The maximum Gasteiger partial charge on any atom is 0.133 e. The number of anilines is 1. The van der Waals surface area contributed by atoms with Gasteiger partial charge in [-0.05, 0) is 13.8 Å². The zero-order chi connectivity index (χ0) is 11.4. The highest BCUT2D eigenvalue weighted by Crippen LogP contribution is 2.28. The fraction of sp³-hybridized carbons (Fsp3) is 0.600. The Morgan fingerprint density at radius 2 is 2.07 bits per heavy atom. The lowest BCUT2D eigenvalue weighted by molar-refractivity contribution is 0.196. The molecule has 0 spiro atoms. The number of nitrogens with one attached hydrogen (secondary N) is 1. The average molecular weight is 227 g/mol. The second kappa shape index (κ2) is 5.32. The van der Waals surface area contributed by atoms with Crippen LogP contribution in [0.2, 0.25) is 0 Å². The minimum absolute atomic E-state index is 0.128. The SMILES string of the molecule is CNc1ncnc(SC(C)C(C)O)c1C. The van der Waals surface area contributed by atoms with Gasteiger partial charge in [-0.15, -0.1) is 11.8 Å². The first-order valence-electron chi connectivity index (χ1n) is 4.90. The molecule has 1 rings (SSSR count). The van der Waals surface area contributed by atoms with Gasteiger partial charge in [-0.25, -0.2) is 9.97 Å². The van der Waals surface area contributed by atoms with E-state index in [1.54, 1.807) is 18.7 Å². The third-order valence-electron chi connectivity index (χ3n) is 2.25. The van der Waals surface area contributed by atoms with Crippen molar-refractivity contribution in [3.8, 4) is 0 Å². The molecule has 0 amide bonds. The molecule has 0 aromatic carbocycles. The molecule has 2 N–H and O–H groups in total. The lowest BCUT2D eigenvalue weighted by atomic mass is 10.3. The summed E-state index contributed by atoms with van der Waals surface area (Å²) in [4.78, 5) is 8.32. The van der Waals surface area contributed by atoms with Gasteiger partial charge in [0.05, 0.1) is 6.10 Å². The first kappa shape index (κ1) is 12.3. The summed E-state index contributed by atoms with van der Waals surface area (Å²) >= 11 is 1.57. The monoisotopic (exact) mass is 227 g/mol. The molecule has 1 aromatic heterocycles. The van der Waals surface area contributed by atoms with Gasteiger partial charge in [0.25, 0.3) is 0 Å². The molecular formula is C10H17N3OS. The van der Waals surface area contributed by atoms with Gasteiger partial charge in [0.1, 0.15) is 17.2 Å². The fourth-order valence-corrected chi connectivity index (χ4v) is 2.01. The molecule has 0 aliphatic carbocycles. The van der Waals surface area contributed by atoms with Crippen LogP contribution in [0.3, 0.4) is 0 Å². The first-order chi connectivity index (χ1) is 7.06. The van der Waals surface area contributed by atoms with E-state index >= 15 is 0 Å². The van der Waals surface area contributed by atoms with E-state index in [9.17, 15) is 5.11 Å². The summed E-state index contributed by atoms with van der Waals surface area (Å²) in [6.07, 6.45) is 1.19. The van der Waals surface area contributed by atoms with Crippen molar-refractivity contribution < 1.29 is 5.11 Å². The maximum atomic E-state index is 9.42. The predicted molar refractivity (Wildman–Crippen MR) is 63.3 cm³/mol. The summed E-state index contributed by atoms with van der Waals surface area (Å²) in [5.41, 5.74) is 1.03. The molecule has 0 fully saturated rings. The smallest absolute Gasteiger partial charge is 0.133 e. The first-order valence-corrected chi connectivity index (χ1v) is 5.78. The average Bonchev–Trinajstić information content (AvgIpc) is 2.21. The number of rotatable bonds is 4. The molecule has 0 bridgehead atoms. The van der Waals surface area contributed by atoms with Gasteiger partial charge < -0.3 is 10.4 Å². The third-order valence-corrected chi connectivity index (χ3v) is 3.65. The Hall–Kier alpha value is -0.810. The number of thioether (sulfide) groups is 1. The third kappa shape index (κ3) is 3.07.